The zero-order valence-electron chi connectivity index (χ0n) is 50.4. The number of nitrogens with one attached hydrogen (secondary N) is 1. The lowest BCUT2D eigenvalue weighted by Gasteiger charge is -2.20. The highest BCUT2D eigenvalue weighted by atomic mass is 16.5. The lowest BCUT2D eigenvalue weighted by atomic mass is 10.0. The summed E-state index contributed by atoms with van der Waals surface area (Å²) in [6.07, 6.45) is 78.7. The second-order valence-corrected chi connectivity index (χ2v) is 23.5. The van der Waals surface area contributed by atoms with Crippen LogP contribution in [0, 0.1) is 0 Å². The number of unbranched alkanes of at least 4 members (excludes halogenated alkanes) is 53. The number of hydrogen-bond donors (Lipinski definition) is 3. The molecule has 2 unspecified atom stereocenters. The fourth-order valence-electron chi connectivity index (χ4n) is 10.9. The highest BCUT2D eigenvalue weighted by Gasteiger charge is 2.18. The first-order valence-corrected chi connectivity index (χ1v) is 34.0. The minimum Gasteiger partial charge on any atom is -0.466 e. The van der Waals surface area contributed by atoms with E-state index < -0.39 is 12.1 Å². The van der Waals surface area contributed by atoms with E-state index in [0.29, 0.717) is 19.4 Å². The van der Waals surface area contributed by atoms with Gasteiger partial charge in [-0.1, -0.05) is 353 Å². The molecule has 0 saturated heterocycles. The van der Waals surface area contributed by atoms with Gasteiger partial charge in [0.25, 0.3) is 0 Å². The molecular weight excluding hydrogens is 911 g/mol. The van der Waals surface area contributed by atoms with Crippen molar-refractivity contribution in [2.75, 3.05) is 13.2 Å². The SMILES string of the molecule is CCCCCCCCCCC/C=C/C(O)C(CO)NC(=O)CCCCCCCCCCCCCCCCCCCCCCCCCCCCCCCCCCCOC(=O)CCCCCCCCCCCCCCC. The lowest BCUT2D eigenvalue weighted by molar-refractivity contribution is -0.143. The Morgan fingerprint density at radius 3 is 0.919 bits per heavy atom. The van der Waals surface area contributed by atoms with Crippen molar-refractivity contribution in [3.05, 3.63) is 12.2 Å². The summed E-state index contributed by atoms with van der Waals surface area (Å²) in [6.45, 7) is 4.92. The minimum absolute atomic E-state index is 0.0236. The normalized spacial score (nSPS) is 12.5. The Morgan fingerprint density at radius 2 is 0.622 bits per heavy atom. The van der Waals surface area contributed by atoms with Gasteiger partial charge < -0.3 is 20.3 Å². The van der Waals surface area contributed by atoms with Crippen LogP contribution < -0.4 is 5.32 Å². The highest BCUT2D eigenvalue weighted by molar-refractivity contribution is 5.76. The zero-order valence-corrected chi connectivity index (χ0v) is 50.4. The second-order valence-electron chi connectivity index (χ2n) is 23.5. The van der Waals surface area contributed by atoms with Gasteiger partial charge in [-0.15, -0.1) is 0 Å². The maximum absolute atomic E-state index is 12.4. The van der Waals surface area contributed by atoms with Crippen molar-refractivity contribution in [3.8, 4) is 0 Å². The maximum atomic E-state index is 12.4. The number of esters is 1. The van der Waals surface area contributed by atoms with Gasteiger partial charge in [-0.2, -0.15) is 0 Å². The van der Waals surface area contributed by atoms with Gasteiger partial charge in [-0.05, 0) is 32.1 Å². The topological polar surface area (TPSA) is 95.9 Å². The van der Waals surface area contributed by atoms with Crippen LogP contribution in [0.2, 0.25) is 0 Å². The van der Waals surface area contributed by atoms with E-state index in [4.69, 9.17) is 4.74 Å². The predicted molar refractivity (Wildman–Crippen MR) is 324 cm³/mol. The number of allylic oxidation sites excluding steroid dienone is 1. The molecule has 0 saturated carbocycles. The average Bonchev–Trinajstić information content (AvgIpc) is 3.40. The summed E-state index contributed by atoms with van der Waals surface area (Å²) >= 11 is 0. The number of rotatable bonds is 64. The Balaban J connectivity index is 3.29. The van der Waals surface area contributed by atoms with E-state index in [2.05, 4.69) is 19.2 Å². The summed E-state index contributed by atoms with van der Waals surface area (Å²) in [5.41, 5.74) is 0. The molecular formula is C68H133NO5. The van der Waals surface area contributed by atoms with Crippen LogP contribution in [0.3, 0.4) is 0 Å². The molecule has 0 aliphatic rings. The number of hydrogen-bond acceptors (Lipinski definition) is 5. The van der Waals surface area contributed by atoms with Crippen LogP contribution in [-0.2, 0) is 14.3 Å². The van der Waals surface area contributed by atoms with Gasteiger partial charge in [0.2, 0.25) is 5.91 Å². The van der Waals surface area contributed by atoms with Gasteiger partial charge in [0, 0.05) is 12.8 Å². The Labute approximate surface area is 463 Å². The summed E-state index contributed by atoms with van der Waals surface area (Å²) in [4.78, 5) is 24.5. The third kappa shape index (κ3) is 59.8. The number of aliphatic hydroxyl groups is 2. The first-order chi connectivity index (χ1) is 36.5. The fraction of sp³-hybridized carbons (Fsp3) is 0.941. The molecule has 0 fully saturated rings. The van der Waals surface area contributed by atoms with Crippen molar-refractivity contribution in [1.82, 2.24) is 5.32 Å². The molecule has 6 heteroatoms. The van der Waals surface area contributed by atoms with Crippen LogP contribution in [0.15, 0.2) is 12.2 Å². The van der Waals surface area contributed by atoms with Gasteiger partial charge in [0.15, 0.2) is 0 Å². The molecule has 440 valence electrons. The standard InChI is InChI=1S/C68H133NO5/c1-3-5-7-9-11-13-15-37-42-46-50-54-58-62-68(73)74-63-59-55-51-47-43-39-36-34-32-30-28-26-24-22-20-18-16-17-19-21-23-25-27-29-31-33-35-38-41-45-49-53-57-61-67(72)69-65(64-70)66(71)60-56-52-48-44-40-14-12-10-8-6-4-2/h56,60,65-66,70-71H,3-55,57-59,61-64H2,1-2H3,(H,69,72)/b60-56+. The molecule has 0 aromatic carbocycles. The highest BCUT2D eigenvalue weighted by Crippen LogP contribution is 2.19. The van der Waals surface area contributed by atoms with Crippen molar-refractivity contribution in [2.45, 2.75) is 398 Å². The molecule has 0 rings (SSSR count). The molecule has 0 spiro atoms. The van der Waals surface area contributed by atoms with E-state index in [-0.39, 0.29) is 18.5 Å². The number of carbonyl (C=O) groups is 2. The van der Waals surface area contributed by atoms with E-state index in [1.54, 1.807) is 6.08 Å². The molecule has 0 aliphatic heterocycles. The summed E-state index contributed by atoms with van der Waals surface area (Å²) in [5, 5.41) is 23.0. The van der Waals surface area contributed by atoms with Crippen molar-refractivity contribution in [2.24, 2.45) is 0 Å². The number of aliphatic hydroxyl groups excluding tert-OH is 2. The zero-order chi connectivity index (χ0) is 53.6. The van der Waals surface area contributed by atoms with Crippen molar-refractivity contribution in [1.29, 1.82) is 0 Å². The molecule has 0 heterocycles. The number of carbonyl (C=O) groups excluding carboxylic acids is 2. The molecule has 6 nitrogen and oxygen atoms in total. The van der Waals surface area contributed by atoms with Gasteiger partial charge >= 0.3 is 5.97 Å². The van der Waals surface area contributed by atoms with Crippen molar-refractivity contribution < 1.29 is 24.5 Å². The molecule has 2 atom stereocenters. The molecule has 3 N–H and O–H groups in total. The summed E-state index contributed by atoms with van der Waals surface area (Å²) in [6, 6.07) is -0.622. The smallest absolute Gasteiger partial charge is 0.305 e. The van der Waals surface area contributed by atoms with Gasteiger partial charge in [-0.3, -0.25) is 9.59 Å². The molecule has 0 radical (unpaired) electrons. The quantitative estimate of drug-likeness (QED) is 0.0320. The average molecular weight is 1040 g/mol. The summed E-state index contributed by atoms with van der Waals surface area (Å²) in [7, 11) is 0. The Bertz CT molecular complexity index is 1110. The maximum Gasteiger partial charge on any atom is 0.305 e. The van der Waals surface area contributed by atoms with Crippen LogP contribution in [0.5, 0.6) is 0 Å². The van der Waals surface area contributed by atoms with E-state index in [1.807, 2.05) is 6.08 Å². The van der Waals surface area contributed by atoms with Crippen molar-refractivity contribution >= 4 is 11.9 Å². The summed E-state index contributed by atoms with van der Waals surface area (Å²) < 4.78 is 5.49. The molecule has 74 heavy (non-hydrogen) atoms. The summed E-state index contributed by atoms with van der Waals surface area (Å²) in [5.74, 6) is -0.0389. The molecule has 0 aliphatic carbocycles. The Hall–Kier alpha value is -1.40. The third-order valence-electron chi connectivity index (χ3n) is 16.1. The molecule has 0 bridgehead atoms. The van der Waals surface area contributed by atoms with Crippen LogP contribution in [0.4, 0.5) is 0 Å². The predicted octanol–water partition coefficient (Wildman–Crippen LogP) is 21.6. The van der Waals surface area contributed by atoms with Crippen molar-refractivity contribution in [3.63, 3.8) is 0 Å². The Morgan fingerprint density at radius 1 is 0.365 bits per heavy atom. The molecule has 1 amide bonds. The largest absolute Gasteiger partial charge is 0.466 e. The fourth-order valence-corrected chi connectivity index (χ4v) is 10.9. The van der Waals surface area contributed by atoms with Crippen LogP contribution in [-0.4, -0.2) is 47.4 Å². The Kier molecular flexibility index (Phi) is 62.9. The minimum atomic E-state index is -0.838. The van der Waals surface area contributed by atoms with Crippen LogP contribution >= 0.6 is 0 Å². The first-order valence-electron chi connectivity index (χ1n) is 34.0. The third-order valence-corrected chi connectivity index (χ3v) is 16.1. The van der Waals surface area contributed by atoms with Crippen LogP contribution in [0.1, 0.15) is 386 Å². The van der Waals surface area contributed by atoms with Crippen LogP contribution in [0.25, 0.3) is 0 Å². The molecule has 0 aromatic heterocycles. The van der Waals surface area contributed by atoms with E-state index in [1.165, 1.54) is 321 Å². The monoisotopic (exact) mass is 1040 g/mol. The number of amides is 1. The van der Waals surface area contributed by atoms with E-state index >= 15 is 0 Å². The van der Waals surface area contributed by atoms with E-state index in [0.717, 1.165) is 38.5 Å². The van der Waals surface area contributed by atoms with Gasteiger partial charge in [0.1, 0.15) is 0 Å². The van der Waals surface area contributed by atoms with Gasteiger partial charge in [-0.25, -0.2) is 0 Å². The van der Waals surface area contributed by atoms with E-state index in [9.17, 15) is 19.8 Å². The first kappa shape index (κ1) is 72.6. The second kappa shape index (κ2) is 64.1. The van der Waals surface area contributed by atoms with Gasteiger partial charge in [0.05, 0.1) is 25.4 Å². The molecule has 0 aromatic rings. The lowest BCUT2D eigenvalue weighted by Crippen LogP contribution is -2.45. The number of ether oxygens (including phenoxy) is 1.